The molecule has 9 heteroatoms. The number of halogens is 3. The van der Waals surface area contributed by atoms with Crippen molar-refractivity contribution in [2.24, 2.45) is 0 Å². The van der Waals surface area contributed by atoms with Gasteiger partial charge in [-0.1, -0.05) is 0 Å². The minimum atomic E-state index is -4.39. The quantitative estimate of drug-likeness (QED) is 0.719. The van der Waals surface area contributed by atoms with E-state index in [9.17, 15) is 18.0 Å². The Labute approximate surface area is 179 Å². The van der Waals surface area contributed by atoms with Gasteiger partial charge < -0.3 is 14.8 Å². The van der Waals surface area contributed by atoms with Crippen molar-refractivity contribution in [1.29, 1.82) is 0 Å². The second kappa shape index (κ2) is 10.0. The fourth-order valence-electron chi connectivity index (χ4n) is 3.50. The Morgan fingerprint density at radius 2 is 1.61 bits per heavy atom. The highest BCUT2D eigenvalue weighted by Gasteiger charge is 2.30. The number of hydrogen-bond acceptors (Lipinski definition) is 5. The van der Waals surface area contributed by atoms with E-state index in [4.69, 9.17) is 9.47 Å². The molecule has 2 aromatic carbocycles. The number of rotatable bonds is 7. The molecule has 0 unspecified atom stereocenters. The summed E-state index contributed by atoms with van der Waals surface area (Å²) in [6.07, 6.45) is -4.39. The third-order valence-electron chi connectivity index (χ3n) is 5.21. The zero-order chi connectivity index (χ0) is 22.4. The van der Waals surface area contributed by atoms with Gasteiger partial charge in [-0.2, -0.15) is 13.2 Å². The first-order chi connectivity index (χ1) is 14.8. The van der Waals surface area contributed by atoms with Gasteiger partial charge in [-0.25, -0.2) is 0 Å². The summed E-state index contributed by atoms with van der Waals surface area (Å²) in [7, 11) is 3.26. The van der Waals surface area contributed by atoms with E-state index in [-0.39, 0.29) is 12.5 Å². The molecule has 0 aromatic heterocycles. The highest BCUT2D eigenvalue weighted by molar-refractivity contribution is 5.92. The summed E-state index contributed by atoms with van der Waals surface area (Å²) in [5.74, 6) is 1.33. The van der Waals surface area contributed by atoms with Crippen molar-refractivity contribution in [3.8, 4) is 11.5 Å². The summed E-state index contributed by atoms with van der Waals surface area (Å²) in [5, 5.41) is 2.65. The lowest BCUT2D eigenvalue weighted by atomic mass is 10.1. The molecule has 0 saturated carbocycles. The molecule has 1 heterocycles. The van der Waals surface area contributed by atoms with Crippen LogP contribution in [0.5, 0.6) is 11.5 Å². The Hall–Kier alpha value is -2.78. The molecular formula is C22H26F3N3O3. The Morgan fingerprint density at radius 3 is 2.19 bits per heavy atom. The molecule has 2 aromatic rings. The molecule has 3 rings (SSSR count). The van der Waals surface area contributed by atoms with Crippen LogP contribution in [-0.4, -0.2) is 62.7 Å². The molecular weight excluding hydrogens is 411 g/mol. The molecule has 1 aliphatic heterocycles. The van der Waals surface area contributed by atoms with Crippen LogP contribution in [0.1, 0.15) is 11.1 Å². The zero-order valence-electron chi connectivity index (χ0n) is 17.5. The van der Waals surface area contributed by atoms with Crippen LogP contribution in [0.15, 0.2) is 42.5 Å². The van der Waals surface area contributed by atoms with Crippen LogP contribution in [0, 0.1) is 0 Å². The maximum absolute atomic E-state index is 12.6. The average molecular weight is 437 g/mol. The number of benzene rings is 2. The second-order valence-electron chi connectivity index (χ2n) is 7.35. The number of methoxy groups -OCH3 is 2. The zero-order valence-corrected chi connectivity index (χ0v) is 17.5. The number of alkyl halides is 3. The minimum absolute atomic E-state index is 0.192. The van der Waals surface area contributed by atoms with E-state index in [1.165, 1.54) is 12.1 Å². The largest absolute Gasteiger partial charge is 0.497 e. The van der Waals surface area contributed by atoms with Crippen LogP contribution in [0.3, 0.4) is 0 Å². The van der Waals surface area contributed by atoms with E-state index >= 15 is 0 Å². The van der Waals surface area contributed by atoms with E-state index in [1.807, 2.05) is 23.1 Å². The van der Waals surface area contributed by atoms with Crippen molar-refractivity contribution in [3.63, 3.8) is 0 Å². The van der Waals surface area contributed by atoms with Crippen LogP contribution in [0.2, 0.25) is 0 Å². The van der Waals surface area contributed by atoms with Gasteiger partial charge in [0.15, 0.2) is 0 Å². The number of amides is 1. The topological polar surface area (TPSA) is 54.0 Å². The normalized spacial score (nSPS) is 15.5. The van der Waals surface area contributed by atoms with Gasteiger partial charge in [0.25, 0.3) is 0 Å². The van der Waals surface area contributed by atoms with Crippen molar-refractivity contribution < 1.29 is 27.4 Å². The molecule has 0 radical (unpaired) electrons. The molecule has 1 saturated heterocycles. The number of nitrogens with zero attached hydrogens (tertiary/aromatic N) is 2. The van der Waals surface area contributed by atoms with Gasteiger partial charge in [0, 0.05) is 44.0 Å². The molecule has 1 fully saturated rings. The Bertz CT molecular complexity index is 880. The van der Waals surface area contributed by atoms with E-state index in [2.05, 4.69) is 10.2 Å². The predicted octanol–water partition coefficient (Wildman–Crippen LogP) is 3.48. The number of carbonyl (C=O) groups is 1. The molecule has 1 aliphatic rings. The van der Waals surface area contributed by atoms with Gasteiger partial charge in [-0.05, 0) is 42.5 Å². The summed E-state index contributed by atoms with van der Waals surface area (Å²) < 4.78 is 48.6. The number of nitrogens with one attached hydrogen (secondary N) is 1. The summed E-state index contributed by atoms with van der Waals surface area (Å²) in [4.78, 5) is 16.6. The Balaban J connectivity index is 1.47. The van der Waals surface area contributed by atoms with Gasteiger partial charge in [-0.3, -0.25) is 14.6 Å². The van der Waals surface area contributed by atoms with Crippen LogP contribution in [-0.2, 0) is 17.5 Å². The first-order valence-corrected chi connectivity index (χ1v) is 9.91. The first kappa shape index (κ1) is 22.9. The molecule has 0 spiro atoms. The fraction of sp³-hybridized carbons (Fsp3) is 0.409. The Kier molecular flexibility index (Phi) is 7.40. The molecule has 6 nitrogen and oxygen atoms in total. The third-order valence-corrected chi connectivity index (χ3v) is 5.21. The minimum Gasteiger partial charge on any atom is -0.497 e. The molecule has 1 N–H and O–H groups in total. The van der Waals surface area contributed by atoms with Crippen LogP contribution >= 0.6 is 0 Å². The summed E-state index contributed by atoms with van der Waals surface area (Å²) in [5.41, 5.74) is 0.645. The molecule has 0 aliphatic carbocycles. The van der Waals surface area contributed by atoms with Crippen LogP contribution in [0.4, 0.5) is 18.9 Å². The van der Waals surface area contributed by atoms with E-state index in [0.29, 0.717) is 25.3 Å². The predicted molar refractivity (Wildman–Crippen MR) is 111 cm³/mol. The summed E-state index contributed by atoms with van der Waals surface area (Å²) in [6, 6.07) is 10.1. The lowest BCUT2D eigenvalue weighted by molar-refractivity contribution is -0.137. The molecule has 0 atom stereocenters. The van der Waals surface area contributed by atoms with E-state index in [0.717, 1.165) is 42.3 Å². The van der Waals surface area contributed by atoms with Gasteiger partial charge >= 0.3 is 6.18 Å². The monoisotopic (exact) mass is 437 g/mol. The standard InChI is InChI=1S/C22H26F3N3O3/c1-30-19-7-8-20(31-2)16(13-19)14-27-9-11-28(12-10-27)15-21(29)26-18-5-3-17(4-6-18)22(23,24)25/h3-8,13H,9-12,14-15H2,1-2H3,(H,26,29). The van der Waals surface area contributed by atoms with Gasteiger partial charge in [0.05, 0.1) is 26.3 Å². The number of hydrogen-bond donors (Lipinski definition) is 1. The van der Waals surface area contributed by atoms with Gasteiger partial charge in [0.1, 0.15) is 11.5 Å². The molecule has 1 amide bonds. The first-order valence-electron chi connectivity index (χ1n) is 9.91. The Morgan fingerprint density at radius 1 is 0.968 bits per heavy atom. The summed E-state index contributed by atoms with van der Waals surface area (Å²) in [6.45, 7) is 3.91. The van der Waals surface area contributed by atoms with Crippen molar-refractivity contribution >= 4 is 11.6 Å². The smallest absolute Gasteiger partial charge is 0.416 e. The maximum atomic E-state index is 12.6. The number of anilines is 1. The molecule has 31 heavy (non-hydrogen) atoms. The number of piperazine rings is 1. The maximum Gasteiger partial charge on any atom is 0.416 e. The number of carbonyl (C=O) groups excluding carboxylic acids is 1. The van der Waals surface area contributed by atoms with E-state index < -0.39 is 11.7 Å². The molecule has 168 valence electrons. The van der Waals surface area contributed by atoms with Crippen LogP contribution in [0.25, 0.3) is 0 Å². The van der Waals surface area contributed by atoms with Crippen molar-refractivity contribution in [2.75, 3.05) is 52.3 Å². The van der Waals surface area contributed by atoms with Crippen molar-refractivity contribution in [3.05, 3.63) is 53.6 Å². The van der Waals surface area contributed by atoms with E-state index in [1.54, 1.807) is 14.2 Å². The van der Waals surface area contributed by atoms with Gasteiger partial charge in [-0.15, -0.1) is 0 Å². The highest BCUT2D eigenvalue weighted by atomic mass is 19.4. The van der Waals surface area contributed by atoms with Crippen LogP contribution < -0.4 is 14.8 Å². The van der Waals surface area contributed by atoms with Crippen molar-refractivity contribution in [1.82, 2.24) is 9.80 Å². The van der Waals surface area contributed by atoms with Gasteiger partial charge in [0.2, 0.25) is 5.91 Å². The average Bonchev–Trinajstić information content (AvgIpc) is 2.74. The van der Waals surface area contributed by atoms with Crippen molar-refractivity contribution in [2.45, 2.75) is 12.7 Å². The lowest BCUT2D eigenvalue weighted by Crippen LogP contribution is -2.48. The SMILES string of the molecule is COc1ccc(OC)c(CN2CCN(CC(=O)Nc3ccc(C(F)(F)F)cc3)CC2)c1. The number of ether oxygens (including phenoxy) is 2. The second-order valence-corrected chi connectivity index (χ2v) is 7.35. The lowest BCUT2D eigenvalue weighted by Gasteiger charge is -2.34. The fourth-order valence-corrected chi connectivity index (χ4v) is 3.50. The summed E-state index contributed by atoms with van der Waals surface area (Å²) >= 11 is 0. The highest BCUT2D eigenvalue weighted by Crippen LogP contribution is 2.30. The molecule has 0 bridgehead atoms. The third kappa shape index (κ3) is 6.35.